The molecule has 1 aromatic rings. The molecule has 19 heavy (non-hydrogen) atoms. The Morgan fingerprint density at radius 3 is 2.74 bits per heavy atom. The molecule has 1 saturated carbocycles. The van der Waals surface area contributed by atoms with Gasteiger partial charge >= 0.3 is 0 Å². The van der Waals surface area contributed by atoms with Crippen molar-refractivity contribution in [3.63, 3.8) is 0 Å². The van der Waals surface area contributed by atoms with E-state index in [4.69, 9.17) is 4.98 Å². The van der Waals surface area contributed by atoms with Crippen LogP contribution < -0.4 is 5.32 Å². The minimum Gasteiger partial charge on any atom is -0.305 e. The van der Waals surface area contributed by atoms with E-state index in [1.54, 1.807) is 4.88 Å². The van der Waals surface area contributed by atoms with Crippen LogP contribution in [0.1, 0.15) is 68.0 Å². The van der Waals surface area contributed by atoms with E-state index in [1.165, 1.54) is 62.1 Å². The zero-order valence-corrected chi connectivity index (χ0v) is 13.1. The summed E-state index contributed by atoms with van der Waals surface area (Å²) in [5.74, 6) is 0.783. The van der Waals surface area contributed by atoms with Gasteiger partial charge in [-0.15, -0.1) is 11.3 Å². The van der Waals surface area contributed by atoms with Gasteiger partial charge in [0.05, 0.1) is 11.2 Å². The van der Waals surface area contributed by atoms with Crippen molar-refractivity contribution < 1.29 is 0 Å². The Morgan fingerprint density at radius 2 is 2.05 bits per heavy atom. The Morgan fingerprint density at radius 1 is 1.26 bits per heavy atom. The van der Waals surface area contributed by atoms with Crippen LogP contribution in [0.2, 0.25) is 0 Å². The SMILES string of the molecule is CCCNC(C)(c1nc2c(s1)CCC2)C1CCCC1. The van der Waals surface area contributed by atoms with Gasteiger partial charge < -0.3 is 5.32 Å². The predicted molar refractivity (Wildman–Crippen MR) is 81.7 cm³/mol. The molecule has 1 unspecified atom stereocenters. The molecule has 0 amide bonds. The third kappa shape index (κ3) is 2.47. The first-order valence-electron chi connectivity index (χ1n) is 7.98. The number of aromatic nitrogens is 1. The third-order valence-electron chi connectivity index (χ3n) is 4.95. The second-order valence-corrected chi connectivity index (χ2v) is 7.44. The first kappa shape index (κ1) is 13.6. The van der Waals surface area contributed by atoms with E-state index in [1.807, 2.05) is 11.3 Å². The average Bonchev–Trinajstić information content (AvgIpc) is 3.09. The van der Waals surface area contributed by atoms with E-state index in [0.717, 1.165) is 12.5 Å². The number of thiazole rings is 1. The summed E-state index contributed by atoms with van der Waals surface area (Å²) in [6.07, 6.45) is 10.5. The minimum absolute atomic E-state index is 0.127. The number of rotatable bonds is 5. The first-order valence-corrected chi connectivity index (χ1v) is 8.79. The molecular weight excluding hydrogens is 252 g/mol. The van der Waals surface area contributed by atoms with Crippen LogP contribution >= 0.6 is 11.3 Å². The maximum absolute atomic E-state index is 5.02. The lowest BCUT2D eigenvalue weighted by Gasteiger charge is -2.35. The molecule has 0 bridgehead atoms. The summed E-state index contributed by atoms with van der Waals surface area (Å²) in [6, 6.07) is 0. The third-order valence-corrected chi connectivity index (χ3v) is 6.35. The number of nitrogens with one attached hydrogen (secondary N) is 1. The molecule has 1 heterocycles. The van der Waals surface area contributed by atoms with Gasteiger partial charge in [0.1, 0.15) is 5.01 Å². The normalized spacial score (nSPS) is 22.6. The molecule has 1 fully saturated rings. The summed E-state index contributed by atoms with van der Waals surface area (Å²) in [5, 5.41) is 5.21. The van der Waals surface area contributed by atoms with Gasteiger partial charge in [0, 0.05) is 4.88 Å². The van der Waals surface area contributed by atoms with E-state index >= 15 is 0 Å². The molecule has 2 aliphatic carbocycles. The Kier molecular flexibility index (Phi) is 3.95. The highest BCUT2D eigenvalue weighted by Gasteiger charge is 2.40. The summed E-state index contributed by atoms with van der Waals surface area (Å²) in [4.78, 5) is 6.58. The summed E-state index contributed by atoms with van der Waals surface area (Å²) in [7, 11) is 0. The highest BCUT2D eigenvalue weighted by atomic mass is 32.1. The van der Waals surface area contributed by atoms with Crippen molar-refractivity contribution in [2.45, 2.75) is 70.8 Å². The van der Waals surface area contributed by atoms with Crippen LogP contribution in [0.15, 0.2) is 0 Å². The lowest BCUT2D eigenvalue weighted by atomic mass is 9.84. The number of nitrogens with zero attached hydrogens (tertiary/aromatic N) is 1. The molecule has 2 nitrogen and oxygen atoms in total. The summed E-state index contributed by atoms with van der Waals surface area (Å²) >= 11 is 1.99. The average molecular weight is 278 g/mol. The van der Waals surface area contributed by atoms with Gasteiger partial charge in [0.2, 0.25) is 0 Å². The maximum Gasteiger partial charge on any atom is 0.113 e. The second-order valence-electron chi connectivity index (χ2n) is 6.35. The fourth-order valence-electron chi connectivity index (χ4n) is 3.69. The molecule has 2 aliphatic rings. The summed E-state index contributed by atoms with van der Waals surface area (Å²) in [6.45, 7) is 5.77. The van der Waals surface area contributed by atoms with Crippen molar-refractivity contribution in [3.05, 3.63) is 15.6 Å². The van der Waals surface area contributed by atoms with Crippen molar-refractivity contribution in [1.82, 2.24) is 10.3 Å². The molecule has 3 heteroatoms. The van der Waals surface area contributed by atoms with Gasteiger partial charge in [0.15, 0.2) is 0 Å². The lowest BCUT2D eigenvalue weighted by molar-refractivity contribution is 0.234. The Balaban J connectivity index is 1.88. The standard InChI is InChI=1S/C16H26N2S/c1-3-11-17-16(2,12-7-4-5-8-12)15-18-13-9-6-10-14(13)19-15/h12,17H,3-11H2,1-2H3. The highest BCUT2D eigenvalue weighted by Crippen LogP contribution is 2.43. The van der Waals surface area contributed by atoms with Crippen LogP contribution in [0.25, 0.3) is 0 Å². The predicted octanol–water partition coefficient (Wildman–Crippen LogP) is 4.04. The molecule has 0 aliphatic heterocycles. The van der Waals surface area contributed by atoms with Crippen molar-refractivity contribution in [2.24, 2.45) is 5.92 Å². The highest BCUT2D eigenvalue weighted by molar-refractivity contribution is 7.12. The molecule has 106 valence electrons. The van der Waals surface area contributed by atoms with Crippen molar-refractivity contribution >= 4 is 11.3 Å². The number of fused-ring (bicyclic) bond motifs is 1. The van der Waals surface area contributed by atoms with Crippen LogP contribution in [0.4, 0.5) is 0 Å². The van der Waals surface area contributed by atoms with Gasteiger partial charge in [-0.25, -0.2) is 4.98 Å². The van der Waals surface area contributed by atoms with Gasteiger partial charge in [-0.2, -0.15) is 0 Å². The zero-order chi connectivity index (χ0) is 13.3. The fourth-order valence-corrected chi connectivity index (χ4v) is 5.05. The van der Waals surface area contributed by atoms with Crippen molar-refractivity contribution in [2.75, 3.05) is 6.54 Å². The molecule has 0 aromatic carbocycles. The van der Waals surface area contributed by atoms with Crippen LogP contribution in [0.5, 0.6) is 0 Å². The van der Waals surface area contributed by atoms with Gasteiger partial charge in [-0.3, -0.25) is 0 Å². The Bertz CT molecular complexity index is 412. The molecule has 1 aromatic heterocycles. The van der Waals surface area contributed by atoms with Gasteiger partial charge in [0.25, 0.3) is 0 Å². The van der Waals surface area contributed by atoms with Crippen molar-refractivity contribution in [3.8, 4) is 0 Å². The van der Waals surface area contributed by atoms with E-state index in [9.17, 15) is 0 Å². The molecule has 3 rings (SSSR count). The quantitative estimate of drug-likeness (QED) is 0.879. The maximum atomic E-state index is 5.02. The molecule has 1 N–H and O–H groups in total. The molecule has 0 spiro atoms. The lowest BCUT2D eigenvalue weighted by Crippen LogP contribution is -2.45. The first-order chi connectivity index (χ1) is 9.24. The Hall–Kier alpha value is -0.410. The summed E-state index contributed by atoms with van der Waals surface area (Å²) in [5.41, 5.74) is 1.53. The van der Waals surface area contributed by atoms with E-state index in [0.29, 0.717) is 0 Å². The topological polar surface area (TPSA) is 24.9 Å². The molecule has 0 radical (unpaired) electrons. The fraction of sp³-hybridized carbons (Fsp3) is 0.812. The molecule has 1 atom stereocenters. The minimum atomic E-state index is 0.127. The monoisotopic (exact) mass is 278 g/mol. The Labute approximate surface area is 121 Å². The van der Waals surface area contributed by atoms with Crippen LogP contribution in [-0.4, -0.2) is 11.5 Å². The smallest absolute Gasteiger partial charge is 0.113 e. The number of aryl methyl sites for hydroxylation is 2. The molecular formula is C16H26N2S. The zero-order valence-electron chi connectivity index (χ0n) is 12.3. The largest absolute Gasteiger partial charge is 0.305 e. The summed E-state index contributed by atoms with van der Waals surface area (Å²) < 4.78 is 0. The van der Waals surface area contributed by atoms with E-state index in [-0.39, 0.29) is 5.54 Å². The number of hydrogen-bond acceptors (Lipinski definition) is 3. The van der Waals surface area contributed by atoms with Gasteiger partial charge in [-0.05, 0) is 57.9 Å². The second kappa shape index (κ2) is 5.53. The van der Waals surface area contributed by atoms with Gasteiger partial charge in [-0.1, -0.05) is 19.8 Å². The van der Waals surface area contributed by atoms with E-state index < -0.39 is 0 Å². The van der Waals surface area contributed by atoms with Crippen molar-refractivity contribution in [1.29, 1.82) is 0 Å². The molecule has 0 saturated heterocycles. The van der Waals surface area contributed by atoms with Crippen LogP contribution in [-0.2, 0) is 18.4 Å². The number of hydrogen-bond donors (Lipinski definition) is 1. The van der Waals surface area contributed by atoms with E-state index in [2.05, 4.69) is 19.2 Å². The van der Waals surface area contributed by atoms with Crippen LogP contribution in [0.3, 0.4) is 0 Å². The van der Waals surface area contributed by atoms with Crippen LogP contribution in [0, 0.1) is 5.92 Å².